The minimum Gasteiger partial charge on any atom is -0.394 e. The molecular weight excluding hydrogens is 1020 g/mol. The summed E-state index contributed by atoms with van der Waals surface area (Å²) in [5.41, 5.74) is 0. The van der Waals surface area contributed by atoms with Crippen molar-refractivity contribution >= 4 is 5.91 Å². The Morgan fingerprint density at radius 2 is 0.768 bits per heavy atom. The molecule has 0 aromatic heterocycles. The highest BCUT2D eigenvalue weighted by atomic mass is 16.7. The van der Waals surface area contributed by atoms with E-state index in [1.165, 1.54) is 161 Å². The average Bonchev–Trinajstić information content (AvgIpc) is 3.57. The number of aliphatic hydroxyl groups is 5. The number of aliphatic hydroxyl groups excluding tert-OH is 5. The topological polar surface area (TPSA) is 149 Å². The SMILES string of the molecule is CC/C=C\C/C=C\C/C=C\C/C=C\C/C=C\C/C=C\C/C=C\CCCCCCCCCCCCCCCCCCCCCC(=O)NC(COC1OC(CO)C(O)C(O)C1O)C(O)/C=C/CC/C=C/CC/C=C/CCCCCCCCCC. The Labute approximate surface area is 503 Å². The Morgan fingerprint density at radius 3 is 1.17 bits per heavy atom. The number of amides is 1. The van der Waals surface area contributed by atoms with E-state index in [4.69, 9.17) is 9.47 Å². The lowest BCUT2D eigenvalue weighted by Gasteiger charge is -2.40. The van der Waals surface area contributed by atoms with E-state index in [0.717, 1.165) is 96.3 Å². The second kappa shape index (κ2) is 60.7. The van der Waals surface area contributed by atoms with E-state index in [0.29, 0.717) is 6.42 Å². The Kier molecular flexibility index (Phi) is 56.7. The predicted octanol–water partition coefficient (Wildman–Crippen LogP) is 18.2. The summed E-state index contributed by atoms with van der Waals surface area (Å²) in [6, 6.07) is -0.834. The fourth-order valence-corrected chi connectivity index (χ4v) is 9.99. The highest BCUT2D eigenvalue weighted by molar-refractivity contribution is 5.76. The molecule has 1 saturated heterocycles. The molecule has 0 aromatic carbocycles. The van der Waals surface area contributed by atoms with Gasteiger partial charge < -0.3 is 40.3 Å². The van der Waals surface area contributed by atoms with Gasteiger partial charge in [-0.05, 0) is 103 Å². The van der Waals surface area contributed by atoms with E-state index in [-0.39, 0.29) is 12.5 Å². The van der Waals surface area contributed by atoms with Gasteiger partial charge in [-0.15, -0.1) is 0 Å². The zero-order chi connectivity index (χ0) is 59.3. The molecule has 470 valence electrons. The van der Waals surface area contributed by atoms with Crippen molar-refractivity contribution in [3.05, 3.63) is 122 Å². The lowest BCUT2D eigenvalue weighted by atomic mass is 9.99. The van der Waals surface area contributed by atoms with Gasteiger partial charge in [-0.2, -0.15) is 0 Å². The van der Waals surface area contributed by atoms with Gasteiger partial charge in [-0.3, -0.25) is 4.79 Å². The molecule has 0 bridgehead atoms. The van der Waals surface area contributed by atoms with Crippen LogP contribution in [0.3, 0.4) is 0 Å². The molecule has 7 unspecified atom stereocenters. The summed E-state index contributed by atoms with van der Waals surface area (Å²) in [6.07, 6.45) is 84.4. The maximum Gasteiger partial charge on any atom is 0.220 e. The molecule has 7 atom stereocenters. The summed E-state index contributed by atoms with van der Waals surface area (Å²) in [7, 11) is 0. The molecule has 1 fully saturated rings. The third-order valence-corrected chi connectivity index (χ3v) is 15.2. The van der Waals surface area contributed by atoms with Crippen LogP contribution < -0.4 is 5.32 Å². The summed E-state index contributed by atoms with van der Waals surface area (Å²) in [5, 5.41) is 54.6. The van der Waals surface area contributed by atoms with E-state index in [1.54, 1.807) is 6.08 Å². The first-order valence-corrected chi connectivity index (χ1v) is 33.8. The van der Waals surface area contributed by atoms with E-state index >= 15 is 0 Å². The van der Waals surface area contributed by atoms with E-state index in [9.17, 15) is 30.3 Å². The van der Waals surface area contributed by atoms with Crippen LogP contribution in [0.1, 0.15) is 277 Å². The fourth-order valence-electron chi connectivity index (χ4n) is 9.99. The van der Waals surface area contributed by atoms with E-state index in [2.05, 4.69) is 129 Å². The smallest absolute Gasteiger partial charge is 0.220 e. The van der Waals surface area contributed by atoms with Gasteiger partial charge in [0.2, 0.25) is 5.91 Å². The van der Waals surface area contributed by atoms with Crippen molar-refractivity contribution in [3.8, 4) is 0 Å². The van der Waals surface area contributed by atoms with Crippen LogP contribution in [0.2, 0.25) is 0 Å². The highest BCUT2D eigenvalue weighted by Crippen LogP contribution is 2.23. The molecule has 0 radical (unpaired) electrons. The zero-order valence-electron chi connectivity index (χ0n) is 52.5. The van der Waals surface area contributed by atoms with Gasteiger partial charge in [-0.25, -0.2) is 0 Å². The lowest BCUT2D eigenvalue weighted by Crippen LogP contribution is -2.60. The normalized spacial score (nSPS) is 19.1. The lowest BCUT2D eigenvalue weighted by molar-refractivity contribution is -0.302. The van der Waals surface area contributed by atoms with Crippen molar-refractivity contribution in [1.82, 2.24) is 5.32 Å². The number of ether oxygens (including phenoxy) is 2. The van der Waals surface area contributed by atoms with Gasteiger partial charge in [0, 0.05) is 6.42 Å². The number of allylic oxidation sites excluding steroid dienone is 19. The first kappa shape index (κ1) is 76.6. The van der Waals surface area contributed by atoms with Crippen LogP contribution in [-0.4, -0.2) is 87.5 Å². The first-order chi connectivity index (χ1) is 40.3. The monoisotopic (exact) mass is 1140 g/mol. The molecular formula is C73H125NO8. The molecule has 1 rings (SSSR count). The molecule has 1 heterocycles. The number of nitrogens with one attached hydrogen (secondary N) is 1. The van der Waals surface area contributed by atoms with Crippen LogP contribution in [0.4, 0.5) is 0 Å². The van der Waals surface area contributed by atoms with Gasteiger partial charge in [0.15, 0.2) is 6.29 Å². The van der Waals surface area contributed by atoms with Crippen molar-refractivity contribution in [2.24, 2.45) is 0 Å². The molecule has 0 saturated carbocycles. The number of carbonyl (C=O) groups is 1. The third-order valence-electron chi connectivity index (χ3n) is 15.2. The van der Waals surface area contributed by atoms with Crippen molar-refractivity contribution in [1.29, 1.82) is 0 Å². The summed E-state index contributed by atoms with van der Waals surface area (Å²) in [5.74, 6) is -0.191. The summed E-state index contributed by atoms with van der Waals surface area (Å²) in [6.45, 7) is 3.65. The van der Waals surface area contributed by atoms with E-state index < -0.39 is 49.5 Å². The molecule has 0 aromatic rings. The van der Waals surface area contributed by atoms with Crippen LogP contribution in [-0.2, 0) is 14.3 Å². The number of rotatable bonds is 57. The number of carbonyl (C=O) groups excluding carboxylic acids is 1. The number of unbranched alkanes of at least 4 members (excludes halogenated alkanes) is 29. The number of hydrogen-bond acceptors (Lipinski definition) is 8. The molecule has 0 aliphatic carbocycles. The largest absolute Gasteiger partial charge is 0.394 e. The Morgan fingerprint density at radius 1 is 0.427 bits per heavy atom. The predicted molar refractivity (Wildman–Crippen MR) is 350 cm³/mol. The summed E-state index contributed by atoms with van der Waals surface area (Å²) < 4.78 is 11.3. The van der Waals surface area contributed by atoms with Gasteiger partial charge in [0.25, 0.3) is 0 Å². The Balaban J connectivity index is 2.10. The Hall–Kier alpha value is -3.41. The summed E-state index contributed by atoms with van der Waals surface area (Å²) in [4.78, 5) is 13.1. The van der Waals surface area contributed by atoms with Gasteiger partial charge in [0.1, 0.15) is 24.4 Å². The van der Waals surface area contributed by atoms with Crippen molar-refractivity contribution in [2.45, 2.75) is 320 Å². The van der Waals surface area contributed by atoms with E-state index in [1.807, 2.05) is 6.08 Å². The minimum absolute atomic E-state index is 0.191. The molecule has 1 aliphatic rings. The maximum absolute atomic E-state index is 13.1. The average molecular weight is 1140 g/mol. The van der Waals surface area contributed by atoms with Crippen LogP contribution in [0.25, 0.3) is 0 Å². The quantitative estimate of drug-likeness (QED) is 0.0261. The highest BCUT2D eigenvalue weighted by Gasteiger charge is 2.44. The van der Waals surface area contributed by atoms with Crippen LogP contribution >= 0.6 is 0 Å². The minimum atomic E-state index is -1.58. The van der Waals surface area contributed by atoms with Gasteiger partial charge >= 0.3 is 0 Å². The maximum atomic E-state index is 13.1. The van der Waals surface area contributed by atoms with Crippen LogP contribution in [0.15, 0.2) is 122 Å². The molecule has 0 spiro atoms. The van der Waals surface area contributed by atoms with Crippen molar-refractivity contribution < 1.29 is 39.8 Å². The first-order valence-electron chi connectivity index (χ1n) is 33.8. The molecule has 1 aliphatic heterocycles. The molecule has 6 N–H and O–H groups in total. The van der Waals surface area contributed by atoms with Crippen molar-refractivity contribution in [3.63, 3.8) is 0 Å². The van der Waals surface area contributed by atoms with Gasteiger partial charge in [0.05, 0.1) is 25.4 Å². The second-order valence-corrected chi connectivity index (χ2v) is 22.9. The third kappa shape index (κ3) is 48.9. The van der Waals surface area contributed by atoms with Crippen LogP contribution in [0, 0.1) is 0 Å². The summed E-state index contributed by atoms with van der Waals surface area (Å²) >= 11 is 0. The standard InChI is InChI=1S/C73H125NO8/c1-3-5-7-9-11-13-15-17-19-21-23-24-25-26-27-28-29-30-31-32-33-34-35-36-37-38-39-40-41-42-43-44-45-47-49-51-53-55-57-59-61-63-69(77)74-66(65-81-73-72(80)71(79)70(78)68(64-75)82-73)67(76)62-60-58-56-54-52-50-48-46-22-20-18-16-14-12-10-8-6-4-2/h5,7,11,13,17,19,22-24,26-27,29-30,32-33,46,52,54,60,62,66-68,70-73,75-76,78-80H,3-4,6,8-10,12,14-16,18,20-21,25,28,31,34-45,47-51,53,55-59,61,63-65H2,1-2H3,(H,74,77)/b7-5-,13-11-,19-17-,24-23-,27-26-,30-29-,33-32-,46-22+,54-52+,62-60+. The number of hydrogen-bond donors (Lipinski definition) is 6. The molecule has 9 heteroatoms. The second-order valence-electron chi connectivity index (χ2n) is 22.9. The van der Waals surface area contributed by atoms with Gasteiger partial charge in [-0.1, -0.05) is 289 Å². The fraction of sp³-hybridized carbons (Fsp3) is 0.712. The molecule has 1 amide bonds. The van der Waals surface area contributed by atoms with Crippen molar-refractivity contribution in [2.75, 3.05) is 13.2 Å². The van der Waals surface area contributed by atoms with Crippen LogP contribution in [0.5, 0.6) is 0 Å². The zero-order valence-corrected chi connectivity index (χ0v) is 52.5. The molecule has 9 nitrogen and oxygen atoms in total. The molecule has 82 heavy (non-hydrogen) atoms. The Bertz CT molecular complexity index is 1710.